The molecule has 0 saturated heterocycles. The molecule has 2 N–H and O–H groups in total. The Hall–Kier alpha value is -1.81. The normalized spacial score (nSPS) is 10.3. The quantitative estimate of drug-likeness (QED) is 0.680. The number of hydrogen-bond acceptors (Lipinski definition) is 3. The monoisotopic (exact) mass is 333 g/mol. The van der Waals surface area contributed by atoms with Gasteiger partial charge in [0.25, 0.3) is 0 Å². The van der Waals surface area contributed by atoms with E-state index in [4.69, 9.17) is 10.5 Å². The van der Waals surface area contributed by atoms with E-state index in [2.05, 4.69) is 15.9 Å². The highest BCUT2D eigenvalue weighted by Crippen LogP contribution is 2.28. The third-order valence-corrected chi connectivity index (χ3v) is 3.60. The smallest absolute Gasteiger partial charge is 0.197 e. The fraction of sp³-hybridized carbons (Fsp3) is 0.188. The van der Waals surface area contributed by atoms with Crippen molar-refractivity contribution in [3.63, 3.8) is 0 Å². The second-order valence-electron chi connectivity index (χ2n) is 4.42. The van der Waals surface area contributed by atoms with Gasteiger partial charge < -0.3 is 10.5 Å². The molecule has 20 heavy (non-hydrogen) atoms. The first-order valence-corrected chi connectivity index (χ1v) is 7.16. The number of nitrogens with two attached hydrogens (primary N) is 1. The predicted octanol–water partition coefficient (Wildman–Crippen LogP) is 3.97. The third-order valence-electron chi connectivity index (χ3n) is 3.11. The number of rotatable bonds is 4. The summed E-state index contributed by atoms with van der Waals surface area (Å²) in [4.78, 5) is 12.7. The lowest BCUT2D eigenvalue weighted by Crippen LogP contribution is -2.08. The summed E-state index contributed by atoms with van der Waals surface area (Å²) in [6, 6.07) is 10.8. The maximum Gasteiger partial charge on any atom is 0.197 e. The minimum Gasteiger partial charge on any atom is -0.493 e. The fourth-order valence-electron chi connectivity index (χ4n) is 2.01. The molecule has 104 valence electrons. The van der Waals surface area contributed by atoms with Crippen LogP contribution in [0.2, 0.25) is 0 Å². The molecule has 0 aromatic heterocycles. The molecule has 0 saturated carbocycles. The summed E-state index contributed by atoms with van der Waals surface area (Å²) in [5.41, 5.74) is 8.41. The maximum absolute atomic E-state index is 12.7. The van der Waals surface area contributed by atoms with Crippen LogP contribution < -0.4 is 10.5 Å². The second-order valence-corrected chi connectivity index (χ2v) is 5.34. The molecular weight excluding hydrogens is 318 g/mol. The van der Waals surface area contributed by atoms with Crippen LogP contribution in [0.5, 0.6) is 5.75 Å². The zero-order chi connectivity index (χ0) is 14.7. The molecule has 0 atom stereocenters. The second kappa shape index (κ2) is 6.09. The van der Waals surface area contributed by atoms with Crippen molar-refractivity contribution in [3.8, 4) is 5.75 Å². The molecule has 0 amide bonds. The summed E-state index contributed by atoms with van der Waals surface area (Å²) < 4.78 is 6.37. The molecule has 0 spiro atoms. The average molecular weight is 334 g/mol. The van der Waals surface area contributed by atoms with E-state index in [9.17, 15) is 4.79 Å². The molecule has 0 heterocycles. The Bertz CT molecular complexity index is 653. The lowest BCUT2D eigenvalue weighted by atomic mass is 9.97. The lowest BCUT2D eigenvalue weighted by Gasteiger charge is -2.12. The molecule has 0 aliphatic heterocycles. The van der Waals surface area contributed by atoms with Crippen molar-refractivity contribution in [3.05, 3.63) is 57.6 Å². The SMILES string of the molecule is CCOc1ccc(Br)cc1C(=O)c1cccc(N)c1C. The van der Waals surface area contributed by atoms with Crippen molar-refractivity contribution in [2.75, 3.05) is 12.3 Å². The Morgan fingerprint density at radius 3 is 2.70 bits per heavy atom. The molecule has 0 bridgehead atoms. The molecule has 0 unspecified atom stereocenters. The summed E-state index contributed by atoms with van der Waals surface area (Å²) in [5, 5.41) is 0. The Labute approximate surface area is 126 Å². The van der Waals surface area contributed by atoms with E-state index < -0.39 is 0 Å². The van der Waals surface area contributed by atoms with Crippen LogP contribution >= 0.6 is 15.9 Å². The molecule has 4 heteroatoms. The summed E-state index contributed by atoms with van der Waals surface area (Å²) in [6.45, 7) is 4.25. The van der Waals surface area contributed by atoms with Crippen LogP contribution in [0.15, 0.2) is 40.9 Å². The number of ether oxygens (including phenoxy) is 1. The van der Waals surface area contributed by atoms with Crippen LogP contribution in [0, 0.1) is 6.92 Å². The first kappa shape index (κ1) is 14.6. The molecule has 3 nitrogen and oxygen atoms in total. The number of benzene rings is 2. The summed E-state index contributed by atoms with van der Waals surface area (Å²) in [7, 11) is 0. The van der Waals surface area contributed by atoms with Crippen molar-refractivity contribution in [1.29, 1.82) is 0 Å². The minimum absolute atomic E-state index is 0.0837. The van der Waals surface area contributed by atoms with E-state index in [1.54, 1.807) is 30.3 Å². The highest BCUT2D eigenvalue weighted by Gasteiger charge is 2.17. The number of carbonyl (C=O) groups is 1. The lowest BCUT2D eigenvalue weighted by molar-refractivity contribution is 0.103. The minimum atomic E-state index is -0.0837. The van der Waals surface area contributed by atoms with Gasteiger partial charge >= 0.3 is 0 Å². The molecule has 0 fully saturated rings. The fourth-order valence-corrected chi connectivity index (χ4v) is 2.37. The van der Waals surface area contributed by atoms with E-state index >= 15 is 0 Å². The van der Waals surface area contributed by atoms with E-state index in [0.717, 1.165) is 10.0 Å². The predicted molar refractivity (Wildman–Crippen MR) is 84.3 cm³/mol. The topological polar surface area (TPSA) is 52.3 Å². The van der Waals surface area contributed by atoms with Crippen LogP contribution in [0.1, 0.15) is 28.4 Å². The van der Waals surface area contributed by atoms with Gasteiger partial charge in [0.2, 0.25) is 0 Å². The van der Waals surface area contributed by atoms with Crippen LogP contribution in [-0.2, 0) is 0 Å². The van der Waals surface area contributed by atoms with Gasteiger partial charge in [-0.2, -0.15) is 0 Å². The molecule has 0 radical (unpaired) electrons. The van der Waals surface area contributed by atoms with Crippen molar-refractivity contribution in [1.82, 2.24) is 0 Å². The van der Waals surface area contributed by atoms with Gasteiger partial charge in [-0.25, -0.2) is 0 Å². The zero-order valence-corrected chi connectivity index (χ0v) is 13.0. The van der Waals surface area contributed by atoms with Gasteiger partial charge in [0.05, 0.1) is 12.2 Å². The van der Waals surface area contributed by atoms with E-state index in [1.165, 1.54) is 0 Å². The van der Waals surface area contributed by atoms with Gasteiger partial charge in [-0.1, -0.05) is 28.1 Å². The van der Waals surface area contributed by atoms with E-state index in [-0.39, 0.29) is 5.78 Å². The number of carbonyl (C=O) groups excluding carboxylic acids is 1. The number of hydrogen-bond donors (Lipinski definition) is 1. The van der Waals surface area contributed by atoms with Gasteiger partial charge in [-0.15, -0.1) is 0 Å². The molecule has 0 aliphatic carbocycles. The summed E-state index contributed by atoms with van der Waals surface area (Å²) >= 11 is 3.39. The molecule has 2 aromatic carbocycles. The standard InChI is InChI=1S/C16H16BrNO2/c1-3-20-15-8-7-11(17)9-13(15)16(19)12-5-4-6-14(18)10(12)2/h4-9H,3,18H2,1-2H3. The number of anilines is 1. The first-order valence-electron chi connectivity index (χ1n) is 6.36. The Morgan fingerprint density at radius 1 is 1.25 bits per heavy atom. The van der Waals surface area contributed by atoms with Crippen LogP contribution in [0.25, 0.3) is 0 Å². The van der Waals surface area contributed by atoms with Gasteiger partial charge in [0.15, 0.2) is 5.78 Å². The number of nitrogen functional groups attached to an aromatic ring is 1. The van der Waals surface area contributed by atoms with Crippen LogP contribution in [0.4, 0.5) is 5.69 Å². The molecule has 2 aromatic rings. The maximum atomic E-state index is 12.7. The Balaban J connectivity index is 2.52. The van der Waals surface area contributed by atoms with Gasteiger partial charge in [0.1, 0.15) is 5.75 Å². The first-order chi connectivity index (χ1) is 9.54. The third kappa shape index (κ3) is 2.85. The van der Waals surface area contributed by atoms with Crippen molar-refractivity contribution >= 4 is 27.4 Å². The van der Waals surface area contributed by atoms with Gasteiger partial charge in [-0.05, 0) is 43.7 Å². The molecule has 2 rings (SSSR count). The van der Waals surface area contributed by atoms with E-state index in [0.29, 0.717) is 29.2 Å². The van der Waals surface area contributed by atoms with Crippen molar-refractivity contribution in [2.45, 2.75) is 13.8 Å². The van der Waals surface area contributed by atoms with Crippen molar-refractivity contribution < 1.29 is 9.53 Å². The number of halogens is 1. The number of ketones is 1. The molecular formula is C16H16BrNO2. The molecule has 0 aliphatic rings. The van der Waals surface area contributed by atoms with E-state index in [1.807, 2.05) is 19.9 Å². The van der Waals surface area contributed by atoms with Crippen molar-refractivity contribution in [2.24, 2.45) is 0 Å². The van der Waals surface area contributed by atoms with Crippen LogP contribution in [-0.4, -0.2) is 12.4 Å². The zero-order valence-electron chi connectivity index (χ0n) is 11.4. The highest BCUT2D eigenvalue weighted by molar-refractivity contribution is 9.10. The summed E-state index contributed by atoms with van der Waals surface area (Å²) in [5.74, 6) is 0.502. The summed E-state index contributed by atoms with van der Waals surface area (Å²) in [6.07, 6.45) is 0. The van der Waals surface area contributed by atoms with Crippen LogP contribution in [0.3, 0.4) is 0 Å². The largest absolute Gasteiger partial charge is 0.493 e. The van der Waals surface area contributed by atoms with Gasteiger partial charge in [0, 0.05) is 15.7 Å². The average Bonchev–Trinajstić information content (AvgIpc) is 2.43. The highest BCUT2D eigenvalue weighted by atomic mass is 79.9. The van der Waals surface area contributed by atoms with Gasteiger partial charge in [-0.3, -0.25) is 4.79 Å². The Kier molecular flexibility index (Phi) is 4.45. The Morgan fingerprint density at radius 2 is 2.00 bits per heavy atom.